The average molecular weight is 210 g/mol. The van der Waals surface area contributed by atoms with Crippen molar-refractivity contribution in [1.29, 1.82) is 0 Å². The first kappa shape index (κ1) is 11.3. The van der Waals surface area contributed by atoms with Gasteiger partial charge in [-0.2, -0.15) is 13.2 Å². The van der Waals surface area contributed by atoms with Gasteiger partial charge in [-0.1, -0.05) is 12.2 Å². The summed E-state index contributed by atoms with van der Waals surface area (Å²) in [5, 5.41) is 17.2. The van der Waals surface area contributed by atoms with Crippen molar-refractivity contribution in [2.24, 2.45) is 0 Å². The van der Waals surface area contributed by atoms with Crippen LogP contribution in [-0.2, 0) is 0 Å². The van der Waals surface area contributed by atoms with Crippen molar-refractivity contribution in [3.63, 3.8) is 0 Å². The van der Waals surface area contributed by atoms with Gasteiger partial charge in [-0.3, -0.25) is 0 Å². The lowest BCUT2D eigenvalue weighted by molar-refractivity contribution is -0.211. The molecule has 0 aromatic heterocycles. The normalized spacial score (nSPS) is 27.4. The van der Waals surface area contributed by atoms with Crippen LogP contribution in [0.1, 0.15) is 6.42 Å². The smallest absolute Gasteiger partial charge is 0.423 e. The van der Waals surface area contributed by atoms with Crippen LogP contribution in [0.4, 0.5) is 17.6 Å². The lowest BCUT2D eigenvalue weighted by Crippen LogP contribution is -2.40. The molecule has 7 heteroatoms. The zero-order valence-electron chi connectivity index (χ0n) is 6.92. The van der Waals surface area contributed by atoms with Gasteiger partial charge in [0.2, 0.25) is 5.67 Å². The predicted octanol–water partition coefficient (Wildman–Crippen LogP) is 1.16. The van der Waals surface area contributed by atoms with Gasteiger partial charge in [0, 0.05) is 6.42 Å². The Morgan fingerprint density at radius 2 is 1.93 bits per heavy atom. The summed E-state index contributed by atoms with van der Waals surface area (Å²) in [6.45, 7) is 0. The van der Waals surface area contributed by atoms with Crippen LogP contribution in [0.5, 0.6) is 0 Å². The Morgan fingerprint density at radius 1 is 1.36 bits per heavy atom. The highest BCUT2D eigenvalue weighted by molar-refractivity contribution is 6.51. The van der Waals surface area contributed by atoms with Crippen molar-refractivity contribution >= 4 is 7.12 Å². The first-order valence-electron chi connectivity index (χ1n) is 3.77. The third kappa shape index (κ3) is 1.98. The van der Waals surface area contributed by atoms with Gasteiger partial charge in [0.1, 0.15) is 0 Å². The quantitative estimate of drug-likeness (QED) is 0.503. The predicted molar refractivity (Wildman–Crippen MR) is 41.9 cm³/mol. The summed E-state index contributed by atoms with van der Waals surface area (Å²) in [7, 11) is -1.87. The number of halogens is 4. The van der Waals surface area contributed by atoms with Crippen LogP contribution in [0.15, 0.2) is 23.7 Å². The van der Waals surface area contributed by atoms with Gasteiger partial charge >= 0.3 is 13.3 Å². The highest BCUT2D eigenvalue weighted by atomic mass is 19.4. The molecule has 0 spiro atoms. The molecule has 0 aromatic carbocycles. The molecule has 2 N–H and O–H groups in total. The molecule has 0 aliphatic heterocycles. The molecule has 1 aliphatic carbocycles. The lowest BCUT2D eigenvalue weighted by Gasteiger charge is -2.26. The molecular formula is C7H7BF4O2. The molecule has 1 aliphatic rings. The number of hydrogen-bond donors (Lipinski definition) is 2. The minimum atomic E-state index is -4.98. The molecule has 1 rings (SSSR count). The Kier molecular flexibility index (Phi) is 2.73. The van der Waals surface area contributed by atoms with Crippen molar-refractivity contribution in [3.05, 3.63) is 23.7 Å². The van der Waals surface area contributed by atoms with Crippen molar-refractivity contribution in [3.8, 4) is 0 Å². The van der Waals surface area contributed by atoms with E-state index < -0.39 is 25.4 Å². The van der Waals surface area contributed by atoms with E-state index in [1.165, 1.54) is 0 Å². The number of allylic oxidation sites excluding steroid dienone is 4. The Hall–Kier alpha value is -0.815. The van der Waals surface area contributed by atoms with Crippen molar-refractivity contribution in [2.45, 2.75) is 18.3 Å². The second-order valence-corrected chi connectivity index (χ2v) is 2.98. The maximum atomic E-state index is 13.1. The van der Waals surface area contributed by atoms with Crippen LogP contribution in [0.25, 0.3) is 0 Å². The largest absolute Gasteiger partial charge is 0.488 e. The Labute approximate surface area is 77.7 Å². The van der Waals surface area contributed by atoms with Gasteiger partial charge in [0.05, 0.1) is 0 Å². The van der Waals surface area contributed by atoms with Crippen LogP contribution in [0, 0.1) is 0 Å². The van der Waals surface area contributed by atoms with Crippen LogP contribution in [-0.4, -0.2) is 29.0 Å². The molecule has 0 bridgehead atoms. The monoisotopic (exact) mass is 210 g/mol. The molecule has 0 radical (unpaired) electrons. The molecule has 1 unspecified atom stereocenters. The Bertz CT molecular complexity index is 284. The molecule has 78 valence electrons. The average Bonchev–Trinajstić information content (AvgIpc) is 2.03. The molecule has 0 aromatic rings. The molecule has 1 atom stereocenters. The zero-order chi connectivity index (χ0) is 11.0. The summed E-state index contributed by atoms with van der Waals surface area (Å²) in [5.41, 5.74) is -3.53. The van der Waals surface area contributed by atoms with Gasteiger partial charge in [0.15, 0.2) is 0 Å². The minimum absolute atomic E-state index is 0.137. The van der Waals surface area contributed by atoms with E-state index in [0.717, 1.165) is 12.2 Å². The molecular weight excluding hydrogens is 203 g/mol. The second kappa shape index (κ2) is 3.40. The molecule has 0 saturated carbocycles. The summed E-state index contributed by atoms with van der Waals surface area (Å²) in [6.07, 6.45) is -4.08. The Balaban J connectivity index is 2.83. The highest BCUT2D eigenvalue weighted by Gasteiger charge is 2.54. The van der Waals surface area contributed by atoms with E-state index in [1.807, 2.05) is 0 Å². The first-order valence-corrected chi connectivity index (χ1v) is 3.77. The fourth-order valence-electron chi connectivity index (χ4n) is 1.03. The lowest BCUT2D eigenvalue weighted by atomic mass is 9.74. The van der Waals surface area contributed by atoms with E-state index in [1.54, 1.807) is 0 Å². The van der Waals surface area contributed by atoms with Crippen LogP contribution < -0.4 is 0 Å². The highest BCUT2D eigenvalue weighted by Crippen LogP contribution is 2.40. The molecule has 0 saturated heterocycles. The minimum Gasteiger partial charge on any atom is -0.423 e. The van der Waals surface area contributed by atoms with Gasteiger partial charge < -0.3 is 10.0 Å². The molecule has 0 fully saturated rings. The maximum absolute atomic E-state index is 13.1. The van der Waals surface area contributed by atoms with Crippen LogP contribution in [0.3, 0.4) is 0 Å². The van der Waals surface area contributed by atoms with E-state index in [-0.39, 0.29) is 5.47 Å². The summed E-state index contributed by atoms with van der Waals surface area (Å²) < 4.78 is 49.3. The number of alkyl halides is 4. The number of rotatable bonds is 1. The first-order chi connectivity index (χ1) is 6.26. The molecule has 0 heterocycles. The van der Waals surface area contributed by atoms with Gasteiger partial charge in [0.25, 0.3) is 0 Å². The Morgan fingerprint density at radius 3 is 2.21 bits per heavy atom. The fraction of sp³-hybridized carbons (Fsp3) is 0.429. The molecule has 14 heavy (non-hydrogen) atoms. The van der Waals surface area contributed by atoms with E-state index in [4.69, 9.17) is 10.0 Å². The third-order valence-corrected chi connectivity index (χ3v) is 1.94. The van der Waals surface area contributed by atoms with E-state index >= 15 is 0 Å². The van der Waals surface area contributed by atoms with Crippen molar-refractivity contribution < 1.29 is 27.6 Å². The maximum Gasteiger partial charge on any atom is 0.488 e. The van der Waals surface area contributed by atoms with Gasteiger partial charge in [-0.05, 0) is 11.5 Å². The van der Waals surface area contributed by atoms with Crippen LogP contribution >= 0.6 is 0 Å². The summed E-state index contributed by atoms with van der Waals surface area (Å²) in [6, 6.07) is 0. The molecule has 0 amide bonds. The van der Waals surface area contributed by atoms with Gasteiger partial charge in [-0.15, -0.1) is 0 Å². The summed E-state index contributed by atoms with van der Waals surface area (Å²) >= 11 is 0. The third-order valence-electron chi connectivity index (χ3n) is 1.94. The van der Waals surface area contributed by atoms with Gasteiger partial charge in [-0.25, -0.2) is 4.39 Å². The van der Waals surface area contributed by atoms with Crippen molar-refractivity contribution in [2.75, 3.05) is 0 Å². The van der Waals surface area contributed by atoms with Crippen molar-refractivity contribution in [1.82, 2.24) is 0 Å². The molecule has 2 nitrogen and oxygen atoms in total. The zero-order valence-corrected chi connectivity index (χ0v) is 6.92. The second-order valence-electron chi connectivity index (χ2n) is 2.98. The standard InChI is InChI=1S/C7H7BF4O2/c9-6(7(10,11)12)3-1-5(2-4-6)8(13)14/h1-3,13-14H,4H2. The van der Waals surface area contributed by atoms with E-state index in [9.17, 15) is 17.6 Å². The topological polar surface area (TPSA) is 40.5 Å². The van der Waals surface area contributed by atoms with E-state index in [0.29, 0.717) is 6.08 Å². The summed E-state index contributed by atoms with van der Waals surface area (Å²) in [5.74, 6) is 0. The SMILES string of the molecule is OB(O)C1=CCC(F)(C(F)(F)F)C=C1. The van der Waals surface area contributed by atoms with Crippen LogP contribution in [0.2, 0.25) is 0 Å². The summed E-state index contributed by atoms with van der Waals surface area (Å²) in [4.78, 5) is 0. The van der Waals surface area contributed by atoms with E-state index in [2.05, 4.69) is 0 Å². The number of hydrogen-bond acceptors (Lipinski definition) is 2. The fourth-order valence-corrected chi connectivity index (χ4v) is 1.03.